The van der Waals surface area contributed by atoms with E-state index >= 15 is 0 Å². The summed E-state index contributed by atoms with van der Waals surface area (Å²) in [6, 6.07) is 16.6. The molecule has 0 bridgehead atoms. The number of thiazole rings is 1. The van der Waals surface area contributed by atoms with Crippen molar-refractivity contribution in [1.82, 2.24) is 9.24 Å². The van der Waals surface area contributed by atoms with Crippen LogP contribution >= 0.6 is 11.3 Å². The Morgan fingerprint density at radius 2 is 1.85 bits per heavy atom. The first-order valence-electron chi connectivity index (χ1n) is 12.1. The van der Waals surface area contributed by atoms with Gasteiger partial charge in [-0.1, -0.05) is 35.9 Å². The second-order valence-electron chi connectivity index (χ2n) is 8.46. The Labute approximate surface area is 229 Å². The third-order valence-corrected chi connectivity index (χ3v) is 6.84. The minimum absolute atomic E-state index is 0.0721. The molecule has 0 saturated carbocycles. The van der Waals surface area contributed by atoms with Crippen LogP contribution in [0.5, 0.6) is 5.75 Å². The summed E-state index contributed by atoms with van der Waals surface area (Å²) in [5, 5.41) is 16.4. The largest absolute Gasteiger partial charge is 0.497 e. The molecule has 198 valence electrons. The molecule has 39 heavy (non-hydrogen) atoms. The number of hydrogen-bond donors (Lipinski definition) is 1. The lowest BCUT2D eigenvalue weighted by Crippen LogP contribution is -2.29. The number of aryl methyl sites for hydroxylation is 1. The molecular formula is C29H27N5O4S. The smallest absolute Gasteiger partial charge is 0.342 e. The van der Waals surface area contributed by atoms with E-state index in [2.05, 4.69) is 11.7 Å². The molecule has 4 rings (SSSR count). The lowest BCUT2D eigenvalue weighted by Gasteiger charge is -2.17. The lowest BCUT2D eigenvalue weighted by atomic mass is 10.0. The number of allylic oxidation sites excluding steroid dienone is 1. The van der Waals surface area contributed by atoms with Crippen molar-refractivity contribution in [3.05, 3.63) is 98.4 Å². The molecule has 10 heteroatoms. The number of nitrogen functional groups attached to an aromatic ring is 1. The summed E-state index contributed by atoms with van der Waals surface area (Å²) in [6.07, 6.45) is 1.73. The molecule has 0 aliphatic rings. The Bertz CT molecular complexity index is 1710. The highest BCUT2D eigenvalue weighted by Crippen LogP contribution is 2.31. The maximum atomic E-state index is 13.6. The monoisotopic (exact) mass is 541 g/mol. The Kier molecular flexibility index (Phi) is 8.13. The first-order valence-corrected chi connectivity index (χ1v) is 12.9. The molecule has 0 saturated heterocycles. The van der Waals surface area contributed by atoms with Crippen LogP contribution in [0.1, 0.15) is 28.4 Å². The predicted molar refractivity (Wildman–Crippen MR) is 151 cm³/mol. The van der Waals surface area contributed by atoms with Crippen LogP contribution in [0, 0.1) is 18.3 Å². The van der Waals surface area contributed by atoms with Gasteiger partial charge in [-0.25, -0.2) is 4.79 Å². The van der Waals surface area contributed by atoms with Crippen LogP contribution in [-0.2, 0) is 11.3 Å². The maximum absolute atomic E-state index is 13.6. The molecule has 0 amide bonds. The molecule has 0 unspecified atom stereocenters. The molecule has 0 radical (unpaired) electrons. The zero-order valence-corrected chi connectivity index (χ0v) is 22.6. The SMILES string of the molecule is C=CCn1c(-c2ccc(C)cc2)cs/c1=N/n1c(-c2ccc(OC)cc2)c(C(=O)OCC)c(N)c(C#N)c1=O. The summed E-state index contributed by atoms with van der Waals surface area (Å²) >= 11 is 1.31. The van der Waals surface area contributed by atoms with E-state index in [-0.39, 0.29) is 23.6 Å². The molecule has 4 aromatic rings. The van der Waals surface area contributed by atoms with Crippen molar-refractivity contribution in [2.75, 3.05) is 19.5 Å². The molecule has 0 aliphatic carbocycles. The van der Waals surface area contributed by atoms with Gasteiger partial charge in [0.25, 0.3) is 5.56 Å². The van der Waals surface area contributed by atoms with Gasteiger partial charge in [0.15, 0.2) is 0 Å². The number of rotatable bonds is 8. The number of hydrogen-bond acceptors (Lipinski definition) is 8. The van der Waals surface area contributed by atoms with Gasteiger partial charge >= 0.3 is 5.97 Å². The van der Waals surface area contributed by atoms with Crippen LogP contribution in [0.15, 0.2) is 76.5 Å². The van der Waals surface area contributed by atoms with E-state index in [4.69, 9.17) is 15.2 Å². The Morgan fingerprint density at radius 3 is 2.44 bits per heavy atom. The average molecular weight is 542 g/mol. The summed E-state index contributed by atoms with van der Waals surface area (Å²) in [4.78, 5) is 27.2. The normalized spacial score (nSPS) is 11.2. The minimum Gasteiger partial charge on any atom is -0.497 e. The number of esters is 1. The molecule has 2 aromatic heterocycles. The van der Waals surface area contributed by atoms with Crippen LogP contribution < -0.4 is 20.8 Å². The van der Waals surface area contributed by atoms with Gasteiger partial charge in [0.1, 0.15) is 22.9 Å². The van der Waals surface area contributed by atoms with E-state index in [9.17, 15) is 14.9 Å². The fourth-order valence-corrected chi connectivity index (χ4v) is 4.97. The summed E-state index contributed by atoms with van der Waals surface area (Å²) in [5.41, 5.74) is 8.23. The number of nitriles is 1. The van der Waals surface area contributed by atoms with E-state index in [0.717, 1.165) is 21.5 Å². The van der Waals surface area contributed by atoms with Crippen molar-refractivity contribution in [1.29, 1.82) is 5.26 Å². The first-order chi connectivity index (χ1) is 18.8. The van der Waals surface area contributed by atoms with E-state index in [1.807, 2.05) is 47.2 Å². The van der Waals surface area contributed by atoms with E-state index in [1.54, 1.807) is 37.3 Å². The zero-order chi connectivity index (χ0) is 28.1. The van der Waals surface area contributed by atoms with Gasteiger partial charge in [-0.3, -0.25) is 4.79 Å². The van der Waals surface area contributed by atoms with Gasteiger partial charge in [0.05, 0.1) is 30.8 Å². The summed E-state index contributed by atoms with van der Waals surface area (Å²) in [6.45, 7) is 8.02. The molecular weight excluding hydrogens is 514 g/mol. The van der Waals surface area contributed by atoms with Gasteiger partial charge in [-0.15, -0.1) is 23.0 Å². The standard InChI is InChI=1S/C29H27N5O4S/c1-5-15-33-23(19-9-7-18(3)8-10-19)17-39-29(33)32-34-26(20-11-13-21(37-4)14-12-20)24(28(36)38-6-2)25(31)22(16-30)27(34)35/h5,7-14,17H,1,6,15,31H2,2-4H3/b32-29+. The van der Waals surface area contributed by atoms with Gasteiger partial charge in [-0.2, -0.15) is 9.94 Å². The summed E-state index contributed by atoms with van der Waals surface area (Å²) < 4.78 is 13.5. The number of nitrogens with two attached hydrogens (primary N) is 1. The van der Waals surface area contributed by atoms with Crippen molar-refractivity contribution in [3.63, 3.8) is 0 Å². The first kappa shape index (κ1) is 27.2. The quantitative estimate of drug-likeness (QED) is 0.258. The number of anilines is 1. The van der Waals surface area contributed by atoms with Crippen molar-refractivity contribution in [2.45, 2.75) is 20.4 Å². The van der Waals surface area contributed by atoms with E-state index in [1.165, 1.54) is 18.4 Å². The van der Waals surface area contributed by atoms with Crippen LogP contribution in [0.3, 0.4) is 0 Å². The highest BCUT2D eigenvalue weighted by atomic mass is 32.1. The number of benzene rings is 2. The van der Waals surface area contributed by atoms with Crippen molar-refractivity contribution in [2.24, 2.45) is 5.10 Å². The Morgan fingerprint density at radius 1 is 1.18 bits per heavy atom. The van der Waals surface area contributed by atoms with E-state index in [0.29, 0.717) is 22.7 Å². The molecule has 0 atom stereocenters. The van der Waals surface area contributed by atoms with Crippen LogP contribution in [-0.4, -0.2) is 28.9 Å². The van der Waals surface area contributed by atoms with Gasteiger partial charge in [0.2, 0.25) is 4.80 Å². The van der Waals surface area contributed by atoms with E-state index < -0.39 is 17.1 Å². The molecule has 0 spiro atoms. The highest BCUT2D eigenvalue weighted by molar-refractivity contribution is 7.07. The van der Waals surface area contributed by atoms with Crippen LogP contribution in [0.2, 0.25) is 0 Å². The molecule has 0 aliphatic heterocycles. The number of carbonyl (C=O) groups is 1. The van der Waals surface area contributed by atoms with Crippen molar-refractivity contribution < 1.29 is 14.3 Å². The third-order valence-electron chi connectivity index (χ3n) is 5.99. The molecule has 0 fully saturated rings. The summed E-state index contributed by atoms with van der Waals surface area (Å²) in [5.74, 6) is -0.194. The van der Waals surface area contributed by atoms with Gasteiger partial charge < -0.3 is 19.8 Å². The maximum Gasteiger partial charge on any atom is 0.342 e. The number of methoxy groups -OCH3 is 1. The third kappa shape index (κ3) is 5.26. The van der Waals surface area contributed by atoms with Crippen molar-refractivity contribution >= 4 is 23.0 Å². The molecule has 2 aromatic carbocycles. The predicted octanol–water partition coefficient (Wildman–Crippen LogP) is 4.54. The fraction of sp³-hybridized carbons (Fsp3) is 0.172. The van der Waals surface area contributed by atoms with Crippen LogP contribution in [0.4, 0.5) is 5.69 Å². The second-order valence-corrected chi connectivity index (χ2v) is 9.30. The van der Waals surface area contributed by atoms with Crippen molar-refractivity contribution in [3.8, 4) is 34.3 Å². The summed E-state index contributed by atoms with van der Waals surface area (Å²) in [7, 11) is 1.53. The zero-order valence-electron chi connectivity index (χ0n) is 21.8. The van der Waals surface area contributed by atoms with Crippen LogP contribution in [0.25, 0.3) is 22.5 Å². The average Bonchev–Trinajstić information content (AvgIpc) is 3.33. The number of nitrogens with zero attached hydrogens (tertiary/aromatic N) is 4. The van der Waals surface area contributed by atoms with Gasteiger partial charge in [-0.05, 0) is 43.7 Å². The topological polar surface area (TPSA) is 125 Å². The van der Waals surface area contributed by atoms with Gasteiger partial charge in [0, 0.05) is 17.5 Å². The lowest BCUT2D eigenvalue weighted by molar-refractivity contribution is 0.0527. The fourth-order valence-electron chi connectivity index (χ4n) is 4.07. The minimum atomic E-state index is -0.772. The number of ether oxygens (including phenoxy) is 2. The number of pyridine rings is 1. The highest BCUT2D eigenvalue weighted by Gasteiger charge is 2.27. The Hall–Kier alpha value is -4.88. The Balaban J connectivity index is 2.11. The number of aromatic nitrogens is 2. The molecule has 2 heterocycles. The number of carbonyl (C=O) groups excluding carboxylic acids is 1. The second kappa shape index (κ2) is 11.7. The molecule has 9 nitrogen and oxygen atoms in total. The molecule has 2 N–H and O–H groups in total.